The number of nitrogens with one attached hydrogen (secondary N) is 1. The third-order valence-electron chi connectivity index (χ3n) is 4.44. The molecule has 3 rings (SSSR count). The van der Waals surface area contributed by atoms with Crippen molar-refractivity contribution in [2.45, 2.75) is 31.6 Å². The van der Waals surface area contributed by atoms with Gasteiger partial charge in [-0.3, -0.25) is 4.72 Å². The zero-order valence-corrected chi connectivity index (χ0v) is 14.7. The molecule has 4 nitrogen and oxygen atoms in total. The number of hydrogen-bond acceptors (Lipinski definition) is 3. The Bertz CT molecular complexity index is 859. The highest BCUT2D eigenvalue weighted by atomic mass is 32.2. The number of halogens is 1. The molecule has 1 aliphatic rings. The van der Waals surface area contributed by atoms with Crippen molar-refractivity contribution in [1.82, 2.24) is 0 Å². The first kappa shape index (κ1) is 16.8. The van der Waals surface area contributed by atoms with Crippen molar-refractivity contribution in [3.05, 3.63) is 53.3 Å². The van der Waals surface area contributed by atoms with Gasteiger partial charge in [0.05, 0.1) is 16.3 Å². The SMILES string of the molecule is Cc1ccc(S(=O)(=O)Nc2cc(F)ccc2N2CCCC2)cc1C. The van der Waals surface area contributed by atoms with Crippen LogP contribution in [0, 0.1) is 19.7 Å². The number of aryl methyl sites for hydroxylation is 2. The van der Waals surface area contributed by atoms with Crippen molar-refractivity contribution >= 4 is 21.4 Å². The maximum absolute atomic E-state index is 13.7. The lowest BCUT2D eigenvalue weighted by Crippen LogP contribution is -2.21. The highest BCUT2D eigenvalue weighted by molar-refractivity contribution is 7.92. The van der Waals surface area contributed by atoms with Gasteiger partial charge in [-0.1, -0.05) is 6.07 Å². The molecule has 0 atom stereocenters. The molecule has 0 radical (unpaired) electrons. The van der Waals surface area contributed by atoms with E-state index in [4.69, 9.17) is 0 Å². The molecule has 2 aromatic carbocycles. The smallest absolute Gasteiger partial charge is 0.261 e. The number of sulfonamides is 1. The fourth-order valence-corrected chi connectivity index (χ4v) is 4.06. The second-order valence-corrected chi connectivity index (χ2v) is 7.89. The maximum Gasteiger partial charge on any atom is 0.261 e. The summed E-state index contributed by atoms with van der Waals surface area (Å²) in [6.07, 6.45) is 2.11. The Morgan fingerprint density at radius 3 is 2.38 bits per heavy atom. The van der Waals surface area contributed by atoms with E-state index in [1.54, 1.807) is 24.3 Å². The third-order valence-corrected chi connectivity index (χ3v) is 5.80. The number of anilines is 2. The standard InChI is InChI=1S/C18H21FN2O2S/c1-13-5-7-16(11-14(13)2)24(22,23)20-17-12-15(19)6-8-18(17)21-9-3-4-10-21/h5-8,11-12,20H,3-4,9-10H2,1-2H3. The number of nitrogens with zero attached hydrogens (tertiary/aromatic N) is 1. The Balaban J connectivity index is 1.97. The predicted octanol–water partition coefficient (Wildman–Crippen LogP) is 3.84. The van der Waals surface area contributed by atoms with Gasteiger partial charge in [0, 0.05) is 19.2 Å². The number of rotatable bonds is 4. The molecule has 128 valence electrons. The minimum atomic E-state index is -3.76. The summed E-state index contributed by atoms with van der Waals surface area (Å²) in [4.78, 5) is 2.26. The molecule has 1 aliphatic heterocycles. The molecule has 1 N–H and O–H groups in total. The summed E-state index contributed by atoms with van der Waals surface area (Å²) in [6, 6.07) is 9.22. The van der Waals surface area contributed by atoms with Crippen LogP contribution in [-0.2, 0) is 10.0 Å². The third kappa shape index (κ3) is 3.38. The summed E-state index contributed by atoms with van der Waals surface area (Å²) in [6.45, 7) is 5.50. The molecule has 0 saturated carbocycles. The van der Waals surface area contributed by atoms with Crippen LogP contribution in [0.25, 0.3) is 0 Å². The van der Waals surface area contributed by atoms with Gasteiger partial charge in [0.1, 0.15) is 5.82 Å². The topological polar surface area (TPSA) is 49.4 Å². The first-order chi connectivity index (χ1) is 11.4. The van der Waals surface area contributed by atoms with E-state index in [2.05, 4.69) is 9.62 Å². The van der Waals surface area contributed by atoms with Crippen LogP contribution in [0.15, 0.2) is 41.3 Å². The van der Waals surface area contributed by atoms with Crippen molar-refractivity contribution < 1.29 is 12.8 Å². The van der Waals surface area contributed by atoms with E-state index in [0.717, 1.165) is 42.7 Å². The molecule has 1 fully saturated rings. The van der Waals surface area contributed by atoms with Crippen molar-refractivity contribution in [3.63, 3.8) is 0 Å². The molecule has 24 heavy (non-hydrogen) atoms. The summed E-state index contributed by atoms with van der Waals surface area (Å²) in [7, 11) is -3.76. The van der Waals surface area contributed by atoms with Crippen molar-refractivity contribution in [1.29, 1.82) is 0 Å². The average molecular weight is 348 g/mol. The van der Waals surface area contributed by atoms with Crippen LogP contribution >= 0.6 is 0 Å². The largest absolute Gasteiger partial charge is 0.370 e. The van der Waals surface area contributed by atoms with Gasteiger partial charge in [0.25, 0.3) is 10.0 Å². The molecule has 0 unspecified atom stereocenters. The van der Waals surface area contributed by atoms with Crippen molar-refractivity contribution in [3.8, 4) is 0 Å². The minimum Gasteiger partial charge on any atom is -0.370 e. The van der Waals surface area contributed by atoms with Gasteiger partial charge in [0.2, 0.25) is 0 Å². The minimum absolute atomic E-state index is 0.183. The van der Waals surface area contributed by atoms with E-state index in [0.29, 0.717) is 0 Å². The van der Waals surface area contributed by atoms with Crippen LogP contribution < -0.4 is 9.62 Å². The van der Waals surface area contributed by atoms with E-state index < -0.39 is 15.8 Å². The summed E-state index contributed by atoms with van der Waals surface area (Å²) in [5.74, 6) is -0.462. The quantitative estimate of drug-likeness (QED) is 0.913. The Morgan fingerprint density at radius 2 is 1.71 bits per heavy atom. The van der Waals surface area contributed by atoms with E-state index in [9.17, 15) is 12.8 Å². The molecular weight excluding hydrogens is 327 g/mol. The van der Waals surface area contributed by atoms with Gasteiger partial charge in [-0.2, -0.15) is 0 Å². The van der Waals surface area contributed by atoms with Crippen LogP contribution in [0.4, 0.5) is 15.8 Å². The van der Waals surface area contributed by atoms with Crippen LogP contribution in [0.2, 0.25) is 0 Å². The van der Waals surface area contributed by atoms with Crippen molar-refractivity contribution in [2.75, 3.05) is 22.7 Å². The monoisotopic (exact) mass is 348 g/mol. The molecule has 0 aromatic heterocycles. The van der Waals surface area contributed by atoms with E-state index in [1.165, 1.54) is 12.1 Å². The lowest BCUT2D eigenvalue weighted by atomic mass is 10.1. The predicted molar refractivity (Wildman–Crippen MR) is 94.6 cm³/mol. The Labute approximate surface area is 142 Å². The molecule has 0 spiro atoms. The fraction of sp³-hybridized carbons (Fsp3) is 0.333. The maximum atomic E-state index is 13.7. The van der Waals surface area contributed by atoms with Crippen molar-refractivity contribution in [2.24, 2.45) is 0 Å². The lowest BCUT2D eigenvalue weighted by molar-refractivity contribution is 0.601. The van der Waals surface area contributed by atoms with Crippen LogP contribution in [0.1, 0.15) is 24.0 Å². The van der Waals surface area contributed by atoms with Gasteiger partial charge in [0.15, 0.2) is 0 Å². The average Bonchev–Trinajstić information content (AvgIpc) is 3.03. The first-order valence-corrected chi connectivity index (χ1v) is 9.50. The summed E-state index contributed by atoms with van der Waals surface area (Å²) < 4.78 is 41.6. The molecule has 0 amide bonds. The normalized spacial score (nSPS) is 14.9. The first-order valence-electron chi connectivity index (χ1n) is 8.01. The van der Waals surface area contributed by atoms with Gasteiger partial charge in [-0.15, -0.1) is 0 Å². The van der Waals surface area contributed by atoms with Crippen LogP contribution in [-0.4, -0.2) is 21.5 Å². The molecule has 2 aromatic rings. The second kappa shape index (κ2) is 6.43. The van der Waals surface area contributed by atoms with E-state index >= 15 is 0 Å². The second-order valence-electron chi connectivity index (χ2n) is 6.21. The molecule has 6 heteroatoms. The van der Waals surface area contributed by atoms with E-state index in [-0.39, 0.29) is 10.6 Å². The van der Waals surface area contributed by atoms with Gasteiger partial charge in [-0.05, 0) is 62.1 Å². The number of hydrogen-bond donors (Lipinski definition) is 1. The highest BCUT2D eigenvalue weighted by Crippen LogP contribution is 2.31. The molecule has 0 aliphatic carbocycles. The van der Waals surface area contributed by atoms with Crippen LogP contribution in [0.3, 0.4) is 0 Å². The highest BCUT2D eigenvalue weighted by Gasteiger charge is 2.21. The van der Waals surface area contributed by atoms with Gasteiger partial charge >= 0.3 is 0 Å². The fourth-order valence-electron chi connectivity index (χ4n) is 2.91. The molecule has 1 saturated heterocycles. The molecule has 1 heterocycles. The number of benzene rings is 2. The van der Waals surface area contributed by atoms with E-state index in [1.807, 2.05) is 13.8 Å². The summed E-state index contributed by atoms with van der Waals surface area (Å²) >= 11 is 0. The summed E-state index contributed by atoms with van der Waals surface area (Å²) in [5.41, 5.74) is 2.94. The van der Waals surface area contributed by atoms with Crippen LogP contribution in [0.5, 0.6) is 0 Å². The zero-order valence-electron chi connectivity index (χ0n) is 13.8. The Hall–Kier alpha value is -2.08. The lowest BCUT2D eigenvalue weighted by Gasteiger charge is -2.22. The van der Waals surface area contributed by atoms with Gasteiger partial charge in [-0.25, -0.2) is 12.8 Å². The summed E-state index contributed by atoms with van der Waals surface area (Å²) in [5, 5.41) is 0. The Morgan fingerprint density at radius 1 is 1.00 bits per heavy atom. The molecule has 0 bridgehead atoms. The van der Waals surface area contributed by atoms with Gasteiger partial charge < -0.3 is 4.90 Å². The zero-order chi connectivity index (χ0) is 17.3. The Kier molecular flexibility index (Phi) is 4.49. The molecular formula is C18H21FN2O2S.